The van der Waals surface area contributed by atoms with Crippen molar-refractivity contribution >= 4 is 11.9 Å². The zero-order valence-electron chi connectivity index (χ0n) is 19.8. The molecule has 1 aromatic carbocycles. The van der Waals surface area contributed by atoms with Gasteiger partial charge in [-0.3, -0.25) is 4.79 Å². The van der Waals surface area contributed by atoms with E-state index < -0.39 is 0 Å². The topological polar surface area (TPSA) is 84.2 Å². The number of carbonyl (C=O) groups is 1. The van der Waals surface area contributed by atoms with Crippen LogP contribution in [0.25, 0.3) is 11.3 Å². The van der Waals surface area contributed by atoms with E-state index in [9.17, 15) is 4.79 Å². The molecule has 1 N–H and O–H groups in total. The van der Waals surface area contributed by atoms with Crippen LogP contribution in [0.4, 0.5) is 5.95 Å². The normalized spacial score (nSPS) is 18.2. The van der Waals surface area contributed by atoms with Gasteiger partial charge in [0.2, 0.25) is 11.9 Å². The van der Waals surface area contributed by atoms with E-state index in [1.54, 1.807) is 0 Å². The number of amides is 1. The van der Waals surface area contributed by atoms with Gasteiger partial charge in [0, 0.05) is 45.2 Å². The summed E-state index contributed by atoms with van der Waals surface area (Å²) in [6.07, 6.45) is 7.39. The number of rotatable bonds is 8. The van der Waals surface area contributed by atoms with Crippen LogP contribution >= 0.6 is 0 Å². The minimum atomic E-state index is 0.135. The summed E-state index contributed by atoms with van der Waals surface area (Å²) >= 11 is 0. The van der Waals surface area contributed by atoms with Gasteiger partial charge < -0.3 is 14.7 Å². The van der Waals surface area contributed by atoms with Crippen LogP contribution < -0.4 is 10.2 Å². The SMILES string of the molecule is Cc1cc(-c2cnc(N(C)C)nc2C2CCC(CNC(=O)CCc3ccccc3)CC2)on1. The van der Waals surface area contributed by atoms with Crippen LogP contribution in [0.2, 0.25) is 0 Å². The van der Waals surface area contributed by atoms with E-state index in [1.807, 2.05) is 56.4 Å². The fourth-order valence-electron chi connectivity index (χ4n) is 4.48. The number of nitrogens with zero attached hydrogens (tertiary/aromatic N) is 4. The summed E-state index contributed by atoms with van der Waals surface area (Å²) in [7, 11) is 3.91. The predicted molar refractivity (Wildman–Crippen MR) is 129 cm³/mol. The van der Waals surface area contributed by atoms with Crippen molar-refractivity contribution in [1.82, 2.24) is 20.4 Å². The number of hydrogen-bond donors (Lipinski definition) is 1. The fourth-order valence-corrected chi connectivity index (χ4v) is 4.48. The molecule has 0 atom stereocenters. The van der Waals surface area contributed by atoms with Crippen molar-refractivity contribution in [2.75, 3.05) is 25.5 Å². The lowest BCUT2D eigenvalue weighted by molar-refractivity contribution is -0.121. The predicted octanol–water partition coefficient (Wildman–Crippen LogP) is 4.53. The molecule has 1 aliphatic carbocycles. The zero-order chi connectivity index (χ0) is 23.2. The minimum Gasteiger partial charge on any atom is -0.356 e. The van der Waals surface area contributed by atoms with Gasteiger partial charge in [0.05, 0.1) is 17.0 Å². The molecule has 1 fully saturated rings. The summed E-state index contributed by atoms with van der Waals surface area (Å²) in [5.74, 6) is 2.42. The Labute approximate surface area is 195 Å². The maximum Gasteiger partial charge on any atom is 0.225 e. The highest BCUT2D eigenvalue weighted by molar-refractivity contribution is 5.76. The molecule has 174 valence electrons. The van der Waals surface area contributed by atoms with Crippen molar-refractivity contribution in [1.29, 1.82) is 0 Å². The second-order valence-corrected chi connectivity index (χ2v) is 9.20. The van der Waals surface area contributed by atoms with Gasteiger partial charge in [-0.05, 0) is 50.5 Å². The molecule has 1 amide bonds. The highest BCUT2D eigenvalue weighted by Gasteiger charge is 2.27. The number of anilines is 1. The molecule has 1 saturated carbocycles. The van der Waals surface area contributed by atoms with Gasteiger partial charge in [0.1, 0.15) is 0 Å². The van der Waals surface area contributed by atoms with Gasteiger partial charge in [0.15, 0.2) is 5.76 Å². The van der Waals surface area contributed by atoms with E-state index in [2.05, 4.69) is 27.6 Å². The van der Waals surface area contributed by atoms with Crippen molar-refractivity contribution < 1.29 is 9.32 Å². The highest BCUT2D eigenvalue weighted by Crippen LogP contribution is 2.39. The summed E-state index contributed by atoms with van der Waals surface area (Å²) in [6.45, 7) is 2.67. The van der Waals surface area contributed by atoms with Gasteiger partial charge in [-0.25, -0.2) is 9.97 Å². The van der Waals surface area contributed by atoms with Crippen molar-refractivity contribution in [2.45, 2.75) is 51.4 Å². The summed E-state index contributed by atoms with van der Waals surface area (Å²) < 4.78 is 5.53. The number of nitrogens with one attached hydrogen (secondary N) is 1. The molecule has 3 aromatic rings. The molecule has 4 rings (SSSR count). The van der Waals surface area contributed by atoms with Crippen LogP contribution in [0, 0.1) is 12.8 Å². The summed E-state index contributed by atoms with van der Waals surface area (Å²) in [5.41, 5.74) is 4.02. The Morgan fingerprint density at radius 1 is 1.15 bits per heavy atom. The first-order chi connectivity index (χ1) is 16.0. The molecule has 33 heavy (non-hydrogen) atoms. The molecular formula is C26H33N5O2. The third-order valence-corrected chi connectivity index (χ3v) is 6.40. The standard InChI is InChI=1S/C26H33N5O2/c1-18-15-23(33-30-18)22-17-28-26(31(2)3)29-25(22)21-12-9-20(10-13-21)16-27-24(32)14-11-19-7-5-4-6-8-19/h4-8,15,17,20-21H,9-14,16H2,1-3H3,(H,27,32). The molecular weight excluding hydrogens is 414 g/mol. The van der Waals surface area contributed by atoms with E-state index >= 15 is 0 Å². The van der Waals surface area contributed by atoms with E-state index in [0.717, 1.165) is 61.4 Å². The lowest BCUT2D eigenvalue weighted by Gasteiger charge is -2.29. The first-order valence-electron chi connectivity index (χ1n) is 11.8. The van der Waals surface area contributed by atoms with E-state index in [4.69, 9.17) is 9.51 Å². The lowest BCUT2D eigenvalue weighted by Crippen LogP contribution is -2.31. The van der Waals surface area contributed by atoms with E-state index in [1.165, 1.54) is 5.56 Å². The smallest absolute Gasteiger partial charge is 0.225 e. The third kappa shape index (κ3) is 5.97. The Hall–Kier alpha value is -3.22. The minimum absolute atomic E-state index is 0.135. The van der Waals surface area contributed by atoms with Gasteiger partial charge in [0.25, 0.3) is 0 Å². The van der Waals surface area contributed by atoms with E-state index in [0.29, 0.717) is 24.2 Å². The maximum absolute atomic E-state index is 12.3. The Kier molecular flexibility index (Phi) is 7.37. The second kappa shape index (κ2) is 10.6. The number of aryl methyl sites for hydroxylation is 2. The Balaban J connectivity index is 1.33. The average Bonchev–Trinajstić information content (AvgIpc) is 3.28. The monoisotopic (exact) mass is 447 g/mol. The van der Waals surface area contributed by atoms with E-state index in [-0.39, 0.29) is 5.91 Å². The first-order valence-corrected chi connectivity index (χ1v) is 11.8. The van der Waals surface area contributed by atoms with Crippen LogP contribution in [0.5, 0.6) is 0 Å². The van der Waals surface area contributed by atoms with Crippen LogP contribution in [0.3, 0.4) is 0 Å². The second-order valence-electron chi connectivity index (χ2n) is 9.20. The zero-order valence-corrected chi connectivity index (χ0v) is 19.8. The molecule has 1 aliphatic rings. The molecule has 2 aromatic heterocycles. The van der Waals surface area contributed by atoms with Gasteiger partial charge in [-0.1, -0.05) is 35.5 Å². The fraction of sp³-hybridized carbons (Fsp3) is 0.462. The molecule has 0 bridgehead atoms. The van der Waals surface area contributed by atoms with Crippen molar-refractivity contribution in [2.24, 2.45) is 5.92 Å². The molecule has 7 nitrogen and oxygen atoms in total. The van der Waals surface area contributed by atoms with Crippen LogP contribution in [-0.2, 0) is 11.2 Å². The summed E-state index contributed by atoms with van der Waals surface area (Å²) in [5, 5.41) is 7.19. The number of aromatic nitrogens is 3. The maximum atomic E-state index is 12.3. The number of carbonyl (C=O) groups excluding carboxylic acids is 1. The average molecular weight is 448 g/mol. The molecule has 0 radical (unpaired) electrons. The molecule has 0 unspecified atom stereocenters. The molecule has 7 heteroatoms. The van der Waals surface area contributed by atoms with Crippen molar-refractivity contribution in [3.05, 3.63) is 59.5 Å². The van der Waals surface area contributed by atoms with Crippen LogP contribution in [0.1, 0.15) is 55.0 Å². The molecule has 0 aliphatic heterocycles. The van der Waals surface area contributed by atoms with Crippen molar-refractivity contribution in [3.63, 3.8) is 0 Å². The number of benzene rings is 1. The van der Waals surface area contributed by atoms with Gasteiger partial charge in [-0.15, -0.1) is 0 Å². The molecule has 0 saturated heterocycles. The first kappa shape index (κ1) is 23.0. The van der Waals surface area contributed by atoms with Gasteiger partial charge >= 0.3 is 0 Å². The molecule has 2 heterocycles. The third-order valence-electron chi connectivity index (χ3n) is 6.40. The van der Waals surface area contributed by atoms with Crippen molar-refractivity contribution in [3.8, 4) is 11.3 Å². The van der Waals surface area contributed by atoms with Crippen LogP contribution in [0.15, 0.2) is 47.1 Å². The lowest BCUT2D eigenvalue weighted by atomic mass is 9.79. The Morgan fingerprint density at radius 3 is 2.58 bits per heavy atom. The summed E-state index contributed by atoms with van der Waals surface area (Å²) in [4.78, 5) is 23.6. The van der Waals surface area contributed by atoms with Crippen LogP contribution in [-0.4, -0.2) is 41.7 Å². The highest BCUT2D eigenvalue weighted by atomic mass is 16.5. The quantitative estimate of drug-likeness (QED) is 0.546. The molecule has 0 spiro atoms. The Bertz CT molecular complexity index is 1060. The summed E-state index contributed by atoms with van der Waals surface area (Å²) in [6, 6.07) is 12.1. The van der Waals surface area contributed by atoms with Gasteiger partial charge in [-0.2, -0.15) is 0 Å². The Morgan fingerprint density at radius 2 is 1.91 bits per heavy atom. The number of hydrogen-bond acceptors (Lipinski definition) is 6. The largest absolute Gasteiger partial charge is 0.356 e.